The van der Waals surface area contributed by atoms with Crippen molar-refractivity contribution in [2.24, 2.45) is 0 Å². The largest absolute Gasteiger partial charge is 0.488 e. The van der Waals surface area contributed by atoms with Gasteiger partial charge in [0.15, 0.2) is 0 Å². The van der Waals surface area contributed by atoms with E-state index in [1.54, 1.807) is 4.90 Å². The van der Waals surface area contributed by atoms with Crippen LogP contribution in [0.5, 0.6) is 0 Å². The summed E-state index contributed by atoms with van der Waals surface area (Å²) in [5.74, 6) is 0.311. The Labute approximate surface area is 168 Å². The van der Waals surface area contributed by atoms with Crippen LogP contribution in [0.15, 0.2) is 24.4 Å². The molecule has 0 aliphatic carbocycles. The van der Waals surface area contributed by atoms with Crippen molar-refractivity contribution in [2.45, 2.75) is 32.4 Å². The summed E-state index contributed by atoms with van der Waals surface area (Å²) in [7, 11) is -1.74. The van der Waals surface area contributed by atoms with Gasteiger partial charge in [-0.25, -0.2) is 9.37 Å². The average molecular weight is 399 g/mol. The Morgan fingerprint density at radius 1 is 1.38 bits per heavy atom. The predicted molar refractivity (Wildman–Crippen MR) is 108 cm³/mol. The molecule has 1 aromatic carbocycles. The second-order valence-electron chi connectivity index (χ2n) is 7.36. The van der Waals surface area contributed by atoms with Gasteiger partial charge in [-0.3, -0.25) is 4.79 Å². The number of carbonyl (C=O) groups is 1. The topological polar surface area (TPSA) is 102 Å². The van der Waals surface area contributed by atoms with Gasteiger partial charge in [-0.2, -0.15) is 4.98 Å². The van der Waals surface area contributed by atoms with Crippen molar-refractivity contribution in [1.29, 1.82) is 0 Å². The zero-order valence-electron chi connectivity index (χ0n) is 16.2. The van der Waals surface area contributed by atoms with Crippen molar-refractivity contribution in [2.75, 3.05) is 29.9 Å². The van der Waals surface area contributed by atoms with E-state index < -0.39 is 12.9 Å². The van der Waals surface area contributed by atoms with Gasteiger partial charge in [0.25, 0.3) is 5.91 Å². The number of halogens is 1. The molecule has 8 nitrogen and oxygen atoms in total. The van der Waals surface area contributed by atoms with Gasteiger partial charge in [0, 0.05) is 44.0 Å². The van der Waals surface area contributed by atoms with E-state index in [1.807, 2.05) is 6.92 Å². The maximum absolute atomic E-state index is 14.5. The molecule has 1 saturated heterocycles. The van der Waals surface area contributed by atoms with E-state index in [1.165, 1.54) is 18.3 Å². The standard InChI is InChI=1S/C19H23BFN5O3/c1-2-22-19-23-9-15-17(24-19)26-7-3-4-14(26)11-25(18(15)27)10-12-5-6-13(20(28)29)8-16(12)21/h5-6,8-9,14,28-29H,2-4,7,10-11H2,1H3,(H,22,23,24)/t14-/m0/s1. The van der Waals surface area contributed by atoms with Crippen LogP contribution in [0.4, 0.5) is 16.2 Å². The molecule has 1 fully saturated rings. The van der Waals surface area contributed by atoms with Gasteiger partial charge in [0.2, 0.25) is 5.95 Å². The zero-order chi connectivity index (χ0) is 20.5. The van der Waals surface area contributed by atoms with Crippen LogP contribution >= 0.6 is 0 Å². The van der Waals surface area contributed by atoms with Crippen LogP contribution in [0.25, 0.3) is 0 Å². The van der Waals surface area contributed by atoms with E-state index in [-0.39, 0.29) is 24.0 Å². The Morgan fingerprint density at radius 3 is 2.93 bits per heavy atom. The molecule has 4 rings (SSSR count). The molecule has 3 heterocycles. The molecule has 0 unspecified atom stereocenters. The maximum atomic E-state index is 14.5. The first kappa shape index (κ1) is 19.6. The summed E-state index contributed by atoms with van der Waals surface area (Å²) >= 11 is 0. The molecule has 2 aliphatic heterocycles. The van der Waals surface area contributed by atoms with Gasteiger partial charge in [0.1, 0.15) is 17.2 Å². The van der Waals surface area contributed by atoms with Crippen molar-refractivity contribution in [3.8, 4) is 0 Å². The van der Waals surface area contributed by atoms with E-state index >= 15 is 0 Å². The minimum absolute atomic E-state index is 0.0742. The van der Waals surface area contributed by atoms with Gasteiger partial charge >= 0.3 is 7.12 Å². The van der Waals surface area contributed by atoms with Crippen LogP contribution < -0.4 is 15.7 Å². The molecule has 29 heavy (non-hydrogen) atoms. The Balaban J connectivity index is 1.66. The first-order chi connectivity index (χ1) is 14.0. The molecule has 0 spiro atoms. The maximum Gasteiger partial charge on any atom is 0.488 e. The van der Waals surface area contributed by atoms with Crippen LogP contribution in [-0.2, 0) is 6.54 Å². The summed E-state index contributed by atoms with van der Waals surface area (Å²) in [5, 5.41) is 21.5. The number of anilines is 2. The van der Waals surface area contributed by atoms with Gasteiger partial charge in [-0.05, 0) is 31.3 Å². The third kappa shape index (κ3) is 3.77. The number of hydrogen-bond donors (Lipinski definition) is 3. The molecular formula is C19H23BFN5O3. The molecule has 2 aliphatic rings. The monoisotopic (exact) mass is 399 g/mol. The Kier molecular flexibility index (Phi) is 5.38. The highest BCUT2D eigenvalue weighted by molar-refractivity contribution is 6.58. The van der Waals surface area contributed by atoms with Gasteiger partial charge < -0.3 is 25.2 Å². The first-order valence-electron chi connectivity index (χ1n) is 9.79. The number of carbonyl (C=O) groups excluding carboxylic acids is 1. The van der Waals surface area contributed by atoms with Crippen molar-refractivity contribution in [3.63, 3.8) is 0 Å². The SMILES string of the molecule is CCNc1ncc2c(n1)N1CCC[C@H]1CN(Cc1ccc(B(O)O)cc1F)C2=O. The van der Waals surface area contributed by atoms with Crippen LogP contribution in [0.3, 0.4) is 0 Å². The molecule has 0 saturated carbocycles. The van der Waals surface area contributed by atoms with Crippen LogP contribution in [0.1, 0.15) is 35.7 Å². The Morgan fingerprint density at radius 2 is 2.21 bits per heavy atom. The van der Waals surface area contributed by atoms with Crippen molar-refractivity contribution >= 4 is 30.3 Å². The Bertz CT molecular complexity index is 929. The number of amides is 1. The number of benzene rings is 1. The quantitative estimate of drug-likeness (QED) is 0.624. The number of aromatic nitrogens is 2. The highest BCUT2D eigenvalue weighted by Gasteiger charge is 2.37. The second kappa shape index (κ2) is 7.96. The van der Waals surface area contributed by atoms with Gasteiger partial charge in [-0.1, -0.05) is 12.1 Å². The fraction of sp³-hybridized carbons (Fsp3) is 0.421. The summed E-state index contributed by atoms with van der Waals surface area (Å²) in [6, 6.07) is 4.14. The summed E-state index contributed by atoms with van der Waals surface area (Å²) in [4.78, 5) is 25.8. The average Bonchev–Trinajstić information content (AvgIpc) is 3.12. The fourth-order valence-corrected chi connectivity index (χ4v) is 3.99. The van der Waals surface area contributed by atoms with Crippen molar-refractivity contribution in [3.05, 3.63) is 41.3 Å². The second-order valence-corrected chi connectivity index (χ2v) is 7.36. The summed E-state index contributed by atoms with van der Waals surface area (Å²) < 4.78 is 14.5. The Hall–Kier alpha value is -2.72. The molecule has 1 atom stereocenters. The van der Waals surface area contributed by atoms with Crippen molar-refractivity contribution < 1.29 is 19.2 Å². The van der Waals surface area contributed by atoms with E-state index in [0.717, 1.165) is 25.5 Å². The number of nitrogens with one attached hydrogen (secondary N) is 1. The van der Waals surface area contributed by atoms with Crippen LogP contribution in [-0.4, -0.2) is 63.6 Å². The van der Waals surface area contributed by atoms with Crippen LogP contribution in [0.2, 0.25) is 0 Å². The molecule has 2 aromatic rings. The molecule has 10 heteroatoms. The number of fused-ring (bicyclic) bond motifs is 3. The summed E-state index contributed by atoms with van der Waals surface area (Å²) in [6.45, 7) is 4.01. The van der Waals surface area contributed by atoms with E-state index in [9.17, 15) is 19.2 Å². The first-order valence-corrected chi connectivity index (χ1v) is 9.79. The highest BCUT2D eigenvalue weighted by atomic mass is 19.1. The lowest BCUT2D eigenvalue weighted by Gasteiger charge is -2.27. The smallest absolute Gasteiger partial charge is 0.423 e. The number of rotatable bonds is 5. The molecule has 1 aromatic heterocycles. The summed E-state index contributed by atoms with van der Waals surface area (Å²) in [5.41, 5.74) is 0.810. The highest BCUT2D eigenvalue weighted by Crippen LogP contribution is 2.32. The normalized spacial score (nSPS) is 18.3. The lowest BCUT2D eigenvalue weighted by Crippen LogP contribution is -2.39. The lowest BCUT2D eigenvalue weighted by molar-refractivity contribution is 0.0740. The third-order valence-corrected chi connectivity index (χ3v) is 5.44. The minimum Gasteiger partial charge on any atom is -0.423 e. The summed E-state index contributed by atoms with van der Waals surface area (Å²) in [6.07, 6.45) is 3.48. The molecule has 1 amide bonds. The molecule has 0 bridgehead atoms. The minimum atomic E-state index is -1.74. The lowest BCUT2D eigenvalue weighted by atomic mass is 9.80. The van der Waals surface area contributed by atoms with E-state index in [2.05, 4.69) is 20.2 Å². The van der Waals surface area contributed by atoms with E-state index in [4.69, 9.17) is 0 Å². The molecule has 3 N–H and O–H groups in total. The molecular weight excluding hydrogens is 376 g/mol. The van der Waals surface area contributed by atoms with Crippen molar-refractivity contribution in [1.82, 2.24) is 14.9 Å². The number of nitrogens with zero attached hydrogens (tertiary/aromatic N) is 4. The van der Waals surface area contributed by atoms with Crippen LogP contribution in [0, 0.1) is 5.82 Å². The predicted octanol–water partition coefficient (Wildman–Crippen LogP) is 0.352. The van der Waals surface area contributed by atoms with Gasteiger partial charge in [0.05, 0.1) is 0 Å². The third-order valence-electron chi connectivity index (χ3n) is 5.44. The molecule has 0 radical (unpaired) electrons. The van der Waals surface area contributed by atoms with Gasteiger partial charge in [-0.15, -0.1) is 0 Å². The molecule has 152 valence electrons. The zero-order valence-corrected chi connectivity index (χ0v) is 16.2. The van der Waals surface area contributed by atoms with E-state index in [0.29, 0.717) is 36.0 Å². The fourth-order valence-electron chi connectivity index (χ4n) is 3.99. The number of hydrogen-bond acceptors (Lipinski definition) is 7.